The highest BCUT2D eigenvalue weighted by Crippen LogP contribution is 2.46. The third-order valence-electron chi connectivity index (χ3n) is 4.57. The van der Waals surface area contributed by atoms with Crippen LogP contribution in [0.25, 0.3) is 5.65 Å². The standard InChI is InChI=1S/C17H16BrN5OS/c18-11-3-6-14-19-12(7-15(24)22(14)8-11)9-25-17-21-20-16(10-1-2-10)23(17)13-4-5-13/h3,6-8,10,13H,1-2,4-5,9H2. The second-order valence-electron chi connectivity index (χ2n) is 6.67. The Labute approximate surface area is 156 Å². The lowest BCUT2D eigenvalue weighted by atomic mass is 10.4. The molecule has 0 atom stereocenters. The first-order chi connectivity index (χ1) is 12.2. The van der Waals surface area contributed by atoms with Gasteiger partial charge in [-0.25, -0.2) is 4.98 Å². The minimum atomic E-state index is -0.0655. The van der Waals surface area contributed by atoms with E-state index in [0.717, 1.165) is 21.1 Å². The fourth-order valence-corrected chi connectivity index (χ4v) is 4.26. The summed E-state index contributed by atoms with van der Waals surface area (Å²) in [5.41, 5.74) is 1.37. The molecule has 128 valence electrons. The molecule has 5 rings (SSSR count). The van der Waals surface area contributed by atoms with Gasteiger partial charge < -0.3 is 4.57 Å². The molecule has 2 aliphatic carbocycles. The molecule has 8 heteroatoms. The maximum atomic E-state index is 12.3. The van der Waals surface area contributed by atoms with Crippen LogP contribution in [0.2, 0.25) is 0 Å². The lowest BCUT2D eigenvalue weighted by molar-refractivity contribution is 0.627. The highest BCUT2D eigenvalue weighted by molar-refractivity contribution is 9.10. The van der Waals surface area contributed by atoms with Crippen molar-refractivity contribution < 1.29 is 0 Å². The molecule has 3 heterocycles. The van der Waals surface area contributed by atoms with Crippen molar-refractivity contribution in [2.24, 2.45) is 0 Å². The van der Waals surface area contributed by atoms with E-state index in [2.05, 4.69) is 35.7 Å². The second-order valence-corrected chi connectivity index (χ2v) is 8.52. The van der Waals surface area contributed by atoms with E-state index in [1.165, 1.54) is 25.7 Å². The van der Waals surface area contributed by atoms with Crippen molar-refractivity contribution in [3.05, 3.63) is 50.7 Å². The molecule has 0 saturated heterocycles. The van der Waals surface area contributed by atoms with Gasteiger partial charge in [0.25, 0.3) is 5.56 Å². The molecular formula is C17H16BrN5OS. The molecular weight excluding hydrogens is 402 g/mol. The Kier molecular flexibility index (Phi) is 3.71. The van der Waals surface area contributed by atoms with Crippen molar-refractivity contribution in [2.75, 3.05) is 0 Å². The summed E-state index contributed by atoms with van der Waals surface area (Å²) in [4.78, 5) is 16.9. The Morgan fingerprint density at radius 3 is 2.80 bits per heavy atom. The van der Waals surface area contributed by atoms with Crippen LogP contribution in [-0.4, -0.2) is 24.1 Å². The van der Waals surface area contributed by atoms with Gasteiger partial charge in [0.1, 0.15) is 11.5 Å². The van der Waals surface area contributed by atoms with Crippen LogP contribution in [0.5, 0.6) is 0 Å². The number of pyridine rings is 1. The molecule has 3 aromatic rings. The van der Waals surface area contributed by atoms with Crippen LogP contribution < -0.4 is 5.56 Å². The van der Waals surface area contributed by atoms with Crippen LogP contribution in [0.3, 0.4) is 0 Å². The summed E-state index contributed by atoms with van der Waals surface area (Å²) >= 11 is 5.01. The van der Waals surface area contributed by atoms with Crippen LogP contribution in [0.4, 0.5) is 0 Å². The number of fused-ring (bicyclic) bond motifs is 1. The number of hydrogen-bond donors (Lipinski definition) is 0. The minimum Gasteiger partial charge on any atom is -0.303 e. The number of nitrogens with zero attached hydrogens (tertiary/aromatic N) is 5. The van der Waals surface area contributed by atoms with E-state index in [9.17, 15) is 4.79 Å². The predicted octanol–water partition coefficient (Wildman–Crippen LogP) is 3.55. The molecule has 0 spiro atoms. The zero-order chi connectivity index (χ0) is 17.0. The highest BCUT2D eigenvalue weighted by Gasteiger charge is 2.36. The third-order valence-corrected chi connectivity index (χ3v) is 6.02. The average molecular weight is 418 g/mol. The molecule has 2 fully saturated rings. The molecule has 0 bridgehead atoms. The Morgan fingerprint density at radius 1 is 1.20 bits per heavy atom. The Morgan fingerprint density at radius 2 is 2.04 bits per heavy atom. The number of thioether (sulfide) groups is 1. The van der Waals surface area contributed by atoms with Gasteiger partial charge in [0.15, 0.2) is 5.16 Å². The number of rotatable bonds is 5. The normalized spacial score (nSPS) is 17.3. The fraction of sp³-hybridized carbons (Fsp3) is 0.412. The van der Waals surface area contributed by atoms with E-state index in [-0.39, 0.29) is 5.56 Å². The van der Waals surface area contributed by atoms with Gasteiger partial charge in [-0.3, -0.25) is 9.20 Å². The van der Waals surface area contributed by atoms with Crippen LogP contribution in [-0.2, 0) is 5.75 Å². The number of aromatic nitrogens is 5. The van der Waals surface area contributed by atoms with E-state index < -0.39 is 0 Å². The molecule has 0 N–H and O–H groups in total. The average Bonchev–Trinajstić information content (AvgIpc) is 3.52. The first-order valence-corrected chi connectivity index (χ1v) is 10.2. The van der Waals surface area contributed by atoms with Crippen molar-refractivity contribution in [1.82, 2.24) is 24.1 Å². The Bertz CT molecular complexity index is 1020. The first kappa shape index (κ1) is 15.6. The maximum Gasteiger partial charge on any atom is 0.258 e. The lowest BCUT2D eigenvalue weighted by Gasteiger charge is -2.08. The fourth-order valence-electron chi connectivity index (χ4n) is 3.02. The van der Waals surface area contributed by atoms with E-state index >= 15 is 0 Å². The summed E-state index contributed by atoms with van der Waals surface area (Å²) < 4.78 is 4.74. The molecule has 2 aliphatic rings. The topological polar surface area (TPSA) is 65.1 Å². The van der Waals surface area contributed by atoms with E-state index in [4.69, 9.17) is 0 Å². The SMILES string of the molecule is O=c1cc(CSc2nnc(C3CC3)n2C2CC2)nc2ccc(Br)cn12. The van der Waals surface area contributed by atoms with Gasteiger partial charge in [0, 0.05) is 34.4 Å². The van der Waals surface area contributed by atoms with Crippen LogP contribution in [0.15, 0.2) is 38.8 Å². The molecule has 0 aliphatic heterocycles. The van der Waals surface area contributed by atoms with Crippen molar-refractivity contribution in [1.29, 1.82) is 0 Å². The smallest absolute Gasteiger partial charge is 0.258 e. The molecule has 0 amide bonds. The summed E-state index contributed by atoms with van der Waals surface area (Å²) in [7, 11) is 0. The monoisotopic (exact) mass is 417 g/mol. The van der Waals surface area contributed by atoms with Crippen molar-refractivity contribution >= 4 is 33.3 Å². The van der Waals surface area contributed by atoms with Crippen molar-refractivity contribution in [2.45, 2.75) is 48.6 Å². The van der Waals surface area contributed by atoms with Gasteiger partial charge in [-0.05, 0) is 53.7 Å². The molecule has 0 aromatic carbocycles. The zero-order valence-corrected chi connectivity index (χ0v) is 15.8. The Hall–Kier alpha value is -1.67. The molecule has 0 unspecified atom stereocenters. The van der Waals surface area contributed by atoms with Gasteiger partial charge >= 0.3 is 0 Å². The van der Waals surface area contributed by atoms with Gasteiger partial charge in [-0.1, -0.05) is 11.8 Å². The van der Waals surface area contributed by atoms with Gasteiger partial charge in [0.2, 0.25) is 0 Å². The molecule has 3 aromatic heterocycles. The van der Waals surface area contributed by atoms with E-state index in [1.807, 2.05) is 12.1 Å². The van der Waals surface area contributed by atoms with Crippen LogP contribution in [0, 0.1) is 0 Å². The largest absolute Gasteiger partial charge is 0.303 e. The summed E-state index contributed by atoms with van der Waals surface area (Å²) in [6, 6.07) is 5.91. The first-order valence-electron chi connectivity index (χ1n) is 8.44. The Balaban J connectivity index is 1.42. The van der Waals surface area contributed by atoms with Gasteiger partial charge in [-0.2, -0.15) is 0 Å². The summed E-state index contributed by atoms with van der Waals surface area (Å²) in [6.45, 7) is 0. The predicted molar refractivity (Wildman–Crippen MR) is 99.0 cm³/mol. The van der Waals surface area contributed by atoms with Gasteiger partial charge in [0.05, 0.1) is 5.69 Å². The third kappa shape index (κ3) is 3.01. The minimum absolute atomic E-state index is 0.0655. The summed E-state index contributed by atoms with van der Waals surface area (Å²) in [5, 5.41) is 9.80. The lowest BCUT2D eigenvalue weighted by Crippen LogP contribution is -2.15. The van der Waals surface area contributed by atoms with Crippen LogP contribution in [0.1, 0.15) is 49.2 Å². The maximum absolute atomic E-state index is 12.3. The van der Waals surface area contributed by atoms with Crippen molar-refractivity contribution in [3.8, 4) is 0 Å². The number of hydrogen-bond acceptors (Lipinski definition) is 5. The van der Waals surface area contributed by atoms with Crippen LogP contribution >= 0.6 is 27.7 Å². The molecule has 25 heavy (non-hydrogen) atoms. The van der Waals surface area contributed by atoms with E-state index in [0.29, 0.717) is 23.4 Å². The summed E-state index contributed by atoms with van der Waals surface area (Å²) in [6.07, 6.45) is 6.64. The second kappa shape index (κ2) is 5.95. The zero-order valence-electron chi connectivity index (χ0n) is 13.4. The highest BCUT2D eigenvalue weighted by atomic mass is 79.9. The number of halogens is 1. The quantitative estimate of drug-likeness (QED) is 0.593. The molecule has 2 saturated carbocycles. The van der Waals surface area contributed by atoms with E-state index in [1.54, 1.807) is 28.4 Å². The summed E-state index contributed by atoms with van der Waals surface area (Å²) in [5.74, 6) is 2.38. The van der Waals surface area contributed by atoms with Crippen molar-refractivity contribution in [3.63, 3.8) is 0 Å². The van der Waals surface area contributed by atoms with Gasteiger partial charge in [-0.15, -0.1) is 10.2 Å². The molecule has 6 nitrogen and oxygen atoms in total. The molecule has 0 radical (unpaired) electrons.